The van der Waals surface area contributed by atoms with Gasteiger partial charge in [-0.3, -0.25) is 9.59 Å². The average molecular weight is 276 g/mol. The Morgan fingerprint density at radius 2 is 1.95 bits per heavy atom. The fraction of sp³-hybridized carbons (Fsp3) is 0. The predicted octanol–water partition coefficient (Wildman–Crippen LogP) is 2.09. The van der Waals surface area contributed by atoms with Crippen molar-refractivity contribution < 1.29 is 9.59 Å². The lowest BCUT2D eigenvalue weighted by molar-refractivity contribution is 0.0996. The van der Waals surface area contributed by atoms with E-state index in [0.29, 0.717) is 22.0 Å². The predicted molar refractivity (Wildman–Crippen MR) is 72.2 cm³/mol. The summed E-state index contributed by atoms with van der Waals surface area (Å²) in [4.78, 5) is 26.7. The number of benzene rings is 1. The van der Waals surface area contributed by atoms with Gasteiger partial charge in [-0.1, -0.05) is 17.7 Å². The number of carbonyl (C=O) groups is 2. The Morgan fingerprint density at radius 3 is 2.58 bits per heavy atom. The van der Waals surface area contributed by atoms with Gasteiger partial charge < -0.3 is 11.1 Å². The van der Waals surface area contributed by atoms with Gasteiger partial charge in [-0.15, -0.1) is 0 Å². The van der Waals surface area contributed by atoms with Gasteiger partial charge in [0.05, 0.1) is 5.56 Å². The van der Waals surface area contributed by atoms with E-state index in [2.05, 4.69) is 10.3 Å². The molecule has 1 aromatic heterocycles. The minimum atomic E-state index is -0.552. The molecular formula is C13H10ClN3O2. The molecule has 1 heterocycles. The number of nitrogens with one attached hydrogen (secondary N) is 1. The first kappa shape index (κ1) is 13.0. The third kappa shape index (κ3) is 3.29. The smallest absolute Gasteiger partial charge is 0.257 e. The number of anilines is 1. The highest BCUT2D eigenvalue weighted by atomic mass is 35.5. The van der Waals surface area contributed by atoms with E-state index in [0.717, 1.165) is 0 Å². The number of primary amides is 1. The van der Waals surface area contributed by atoms with Crippen molar-refractivity contribution in [3.8, 4) is 0 Å². The summed E-state index contributed by atoms with van der Waals surface area (Å²) in [5.41, 5.74) is 6.34. The molecule has 1 aromatic carbocycles. The first-order chi connectivity index (χ1) is 9.06. The summed E-state index contributed by atoms with van der Waals surface area (Å²) in [6.45, 7) is 0. The van der Waals surface area contributed by atoms with Crippen molar-refractivity contribution in [2.45, 2.75) is 0 Å². The van der Waals surface area contributed by atoms with Gasteiger partial charge in [-0.25, -0.2) is 4.98 Å². The highest BCUT2D eigenvalue weighted by Gasteiger charge is 2.08. The number of hydrogen-bond acceptors (Lipinski definition) is 3. The zero-order valence-corrected chi connectivity index (χ0v) is 10.5. The summed E-state index contributed by atoms with van der Waals surface area (Å²) in [5.74, 6) is -0.893. The SMILES string of the molecule is NC(=O)c1cccc(NC(=O)c2ccc(Cl)nc2)c1. The van der Waals surface area contributed by atoms with Crippen molar-refractivity contribution in [1.29, 1.82) is 0 Å². The van der Waals surface area contributed by atoms with E-state index in [9.17, 15) is 9.59 Å². The second-order valence-corrected chi connectivity index (χ2v) is 4.16. The molecule has 2 aromatic rings. The number of amides is 2. The Hall–Kier alpha value is -2.40. The second kappa shape index (κ2) is 5.49. The number of carbonyl (C=O) groups excluding carboxylic acids is 2. The molecule has 2 rings (SSSR count). The molecule has 0 radical (unpaired) electrons. The standard InChI is InChI=1S/C13H10ClN3O2/c14-11-5-4-9(7-16-11)13(19)17-10-3-1-2-8(6-10)12(15)18/h1-7H,(H2,15,18)(H,17,19). The lowest BCUT2D eigenvalue weighted by Crippen LogP contribution is -2.14. The van der Waals surface area contributed by atoms with E-state index >= 15 is 0 Å². The molecule has 5 nitrogen and oxygen atoms in total. The Labute approximate surface area is 114 Å². The van der Waals surface area contributed by atoms with Crippen LogP contribution in [0.1, 0.15) is 20.7 Å². The van der Waals surface area contributed by atoms with E-state index in [1.807, 2.05) is 0 Å². The zero-order chi connectivity index (χ0) is 13.8. The first-order valence-corrected chi connectivity index (χ1v) is 5.77. The molecule has 6 heteroatoms. The van der Waals surface area contributed by atoms with Crippen LogP contribution in [0.25, 0.3) is 0 Å². The molecule has 2 amide bonds. The largest absolute Gasteiger partial charge is 0.366 e. The van der Waals surface area contributed by atoms with Gasteiger partial charge in [0.1, 0.15) is 5.15 Å². The summed E-state index contributed by atoms with van der Waals surface area (Å²) in [7, 11) is 0. The Morgan fingerprint density at radius 1 is 1.16 bits per heavy atom. The molecule has 0 aliphatic carbocycles. The molecular weight excluding hydrogens is 266 g/mol. The summed E-state index contributed by atoms with van der Waals surface area (Å²) >= 11 is 5.64. The molecule has 0 atom stereocenters. The molecule has 0 aliphatic rings. The number of rotatable bonds is 3. The molecule has 0 bridgehead atoms. The van der Waals surface area contributed by atoms with Gasteiger partial charge in [-0.2, -0.15) is 0 Å². The Bertz CT molecular complexity index is 626. The molecule has 0 aliphatic heterocycles. The molecule has 19 heavy (non-hydrogen) atoms. The first-order valence-electron chi connectivity index (χ1n) is 5.39. The van der Waals surface area contributed by atoms with Gasteiger partial charge in [0, 0.05) is 17.4 Å². The number of halogens is 1. The summed E-state index contributed by atoms with van der Waals surface area (Å²) < 4.78 is 0. The van der Waals surface area contributed by atoms with Crippen molar-refractivity contribution in [3.05, 3.63) is 58.9 Å². The Kier molecular flexibility index (Phi) is 3.77. The normalized spacial score (nSPS) is 9.95. The van der Waals surface area contributed by atoms with E-state index < -0.39 is 5.91 Å². The highest BCUT2D eigenvalue weighted by Crippen LogP contribution is 2.12. The highest BCUT2D eigenvalue weighted by molar-refractivity contribution is 6.29. The quantitative estimate of drug-likeness (QED) is 0.841. The molecule has 0 saturated carbocycles. The van der Waals surface area contributed by atoms with Gasteiger partial charge in [0.2, 0.25) is 5.91 Å². The second-order valence-electron chi connectivity index (χ2n) is 3.77. The van der Waals surface area contributed by atoms with Crippen LogP contribution in [0.5, 0.6) is 0 Å². The minimum Gasteiger partial charge on any atom is -0.366 e. The number of nitrogens with zero attached hydrogens (tertiary/aromatic N) is 1. The molecule has 3 N–H and O–H groups in total. The fourth-order valence-electron chi connectivity index (χ4n) is 1.46. The third-order valence-corrected chi connectivity index (χ3v) is 2.62. The van der Waals surface area contributed by atoms with Gasteiger partial charge in [0.25, 0.3) is 5.91 Å². The van der Waals surface area contributed by atoms with Crippen LogP contribution in [-0.2, 0) is 0 Å². The van der Waals surface area contributed by atoms with E-state index in [4.69, 9.17) is 17.3 Å². The van der Waals surface area contributed by atoms with Crippen LogP contribution >= 0.6 is 11.6 Å². The van der Waals surface area contributed by atoms with Crippen molar-refractivity contribution in [2.75, 3.05) is 5.32 Å². The topological polar surface area (TPSA) is 85.1 Å². The zero-order valence-electron chi connectivity index (χ0n) is 9.76. The molecule has 0 saturated heterocycles. The van der Waals surface area contributed by atoms with Crippen LogP contribution in [0.2, 0.25) is 5.15 Å². The summed E-state index contributed by atoms with van der Waals surface area (Å²) in [6.07, 6.45) is 1.37. The molecule has 0 unspecified atom stereocenters. The number of pyridine rings is 1. The Balaban J connectivity index is 2.17. The maximum atomic E-state index is 11.9. The maximum absolute atomic E-state index is 11.9. The van der Waals surface area contributed by atoms with Gasteiger partial charge in [0.15, 0.2) is 0 Å². The fourth-order valence-corrected chi connectivity index (χ4v) is 1.58. The van der Waals surface area contributed by atoms with E-state index in [-0.39, 0.29) is 5.91 Å². The third-order valence-electron chi connectivity index (χ3n) is 2.39. The summed E-state index contributed by atoms with van der Waals surface area (Å²) in [6, 6.07) is 9.45. The number of nitrogens with two attached hydrogens (primary N) is 1. The van der Waals surface area contributed by atoms with Gasteiger partial charge >= 0.3 is 0 Å². The van der Waals surface area contributed by atoms with Crippen LogP contribution in [0.4, 0.5) is 5.69 Å². The lowest BCUT2D eigenvalue weighted by atomic mass is 10.2. The van der Waals surface area contributed by atoms with E-state index in [1.165, 1.54) is 18.3 Å². The van der Waals surface area contributed by atoms with Crippen LogP contribution in [0, 0.1) is 0 Å². The molecule has 0 spiro atoms. The molecule has 0 fully saturated rings. The van der Waals surface area contributed by atoms with Crippen molar-refractivity contribution >= 4 is 29.1 Å². The van der Waals surface area contributed by atoms with E-state index in [1.54, 1.807) is 24.3 Å². The molecule has 96 valence electrons. The summed E-state index contributed by atoms with van der Waals surface area (Å²) in [5, 5.41) is 2.96. The van der Waals surface area contributed by atoms with Crippen LogP contribution in [0.3, 0.4) is 0 Å². The average Bonchev–Trinajstić information content (AvgIpc) is 2.39. The monoisotopic (exact) mass is 275 g/mol. The van der Waals surface area contributed by atoms with Crippen molar-refractivity contribution in [3.63, 3.8) is 0 Å². The maximum Gasteiger partial charge on any atom is 0.257 e. The number of hydrogen-bond donors (Lipinski definition) is 2. The van der Waals surface area contributed by atoms with Crippen molar-refractivity contribution in [2.24, 2.45) is 5.73 Å². The van der Waals surface area contributed by atoms with Crippen molar-refractivity contribution in [1.82, 2.24) is 4.98 Å². The number of aromatic nitrogens is 1. The van der Waals surface area contributed by atoms with Crippen LogP contribution < -0.4 is 11.1 Å². The van der Waals surface area contributed by atoms with Gasteiger partial charge in [-0.05, 0) is 30.3 Å². The minimum absolute atomic E-state index is 0.312. The lowest BCUT2D eigenvalue weighted by Gasteiger charge is -2.06. The van der Waals surface area contributed by atoms with Crippen LogP contribution in [0.15, 0.2) is 42.6 Å². The van der Waals surface area contributed by atoms with Crippen LogP contribution in [-0.4, -0.2) is 16.8 Å².